The lowest BCUT2D eigenvalue weighted by molar-refractivity contribution is 0.170. The number of para-hydroxylation sites is 1. The summed E-state index contributed by atoms with van der Waals surface area (Å²) in [6, 6.07) is 14.0. The Bertz CT molecular complexity index is 1050. The minimum Gasteiger partial charge on any atom is -0.486 e. The van der Waals surface area contributed by atoms with E-state index in [2.05, 4.69) is 27.0 Å². The van der Waals surface area contributed by atoms with E-state index in [1.54, 1.807) is 6.07 Å². The van der Waals surface area contributed by atoms with Gasteiger partial charge in [-0.25, -0.2) is 4.98 Å². The number of aromatic nitrogens is 2. The van der Waals surface area contributed by atoms with Crippen LogP contribution >= 0.6 is 0 Å². The van der Waals surface area contributed by atoms with E-state index in [9.17, 15) is 4.79 Å². The molecule has 3 heterocycles. The first-order valence-electron chi connectivity index (χ1n) is 9.39. The summed E-state index contributed by atoms with van der Waals surface area (Å²) in [4.78, 5) is 22.3. The summed E-state index contributed by atoms with van der Waals surface area (Å²) in [6.45, 7) is 2.80. The molecule has 6 nitrogen and oxygen atoms in total. The summed E-state index contributed by atoms with van der Waals surface area (Å²) in [5, 5.41) is 0.631. The van der Waals surface area contributed by atoms with Gasteiger partial charge in [0.05, 0.1) is 17.4 Å². The van der Waals surface area contributed by atoms with E-state index in [-0.39, 0.29) is 11.6 Å². The number of nitrogens with one attached hydrogen (secondary N) is 1. The average Bonchev–Trinajstić information content (AvgIpc) is 3.16. The van der Waals surface area contributed by atoms with E-state index in [0.29, 0.717) is 31.0 Å². The molecule has 0 unspecified atom stereocenters. The predicted octanol–water partition coefficient (Wildman–Crippen LogP) is 3.03. The molecule has 138 valence electrons. The Hall–Kier alpha value is -2.86. The maximum atomic E-state index is 12.3. The SMILES string of the molecule is O=c1[nH]c(CN2CCC[C@H]2c2ccc3c(c2)OCCO3)nc2ccccc12. The van der Waals surface area contributed by atoms with Crippen molar-refractivity contribution in [2.45, 2.75) is 25.4 Å². The fraction of sp³-hybridized carbons (Fsp3) is 0.333. The number of hydrogen-bond donors (Lipinski definition) is 1. The van der Waals surface area contributed by atoms with Crippen molar-refractivity contribution >= 4 is 10.9 Å². The van der Waals surface area contributed by atoms with Crippen LogP contribution in [0, 0.1) is 0 Å². The van der Waals surface area contributed by atoms with E-state index in [1.165, 1.54) is 5.56 Å². The van der Waals surface area contributed by atoms with Crippen molar-refractivity contribution in [2.24, 2.45) is 0 Å². The van der Waals surface area contributed by atoms with Gasteiger partial charge in [-0.1, -0.05) is 18.2 Å². The maximum Gasteiger partial charge on any atom is 0.258 e. The minimum atomic E-state index is -0.0781. The normalized spacial score (nSPS) is 19.5. The highest BCUT2D eigenvalue weighted by atomic mass is 16.6. The molecule has 1 fully saturated rings. The Labute approximate surface area is 156 Å². The maximum absolute atomic E-state index is 12.3. The molecule has 0 radical (unpaired) electrons. The van der Waals surface area contributed by atoms with Crippen molar-refractivity contribution in [1.29, 1.82) is 0 Å². The standard InChI is InChI=1S/C21H21N3O3/c25-21-15-4-1-2-5-16(15)22-20(23-21)13-24-9-3-6-17(24)14-7-8-18-19(12-14)27-11-10-26-18/h1-2,4-5,7-8,12,17H,3,6,9-11,13H2,(H,22,23,25)/t17-/m0/s1. The molecule has 1 saturated heterocycles. The third kappa shape index (κ3) is 3.06. The lowest BCUT2D eigenvalue weighted by Gasteiger charge is -2.26. The second-order valence-corrected chi connectivity index (χ2v) is 7.06. The molecule has 27 heavy (non-hydrogen) atoms. The smallest absolute Gasteiger partial charge is 0.258 e. The molecule has 3 aromatic rings. The summed E-state index contributed by atoms with van der Waals surface area (Å²) in [6.07, 6.45) is 2.20. The quantitative estimate of drug-likeness (QED) is 0.775. The number of rotatable bonds is 3. The zero-order valence-corrected chi connectivity index (χ0v) is 15.0. The molecule has 1 atom stereocenters. The van der Waals surface area contributed by atoms with Crippen molar-refractivity contribution in [3.8, 4) is 11.5 Å². The molecule has 2 aliphatic heterocycles. The second kappa shape index (κ2) is 6.70. The first-order chi connectivity index (χ1) is 13.3. The summed E-state index contributed by atoms with van der Waals surface area (Å²) in [7, 11) is 0. The zero-order valence-electron chi connectivity index (χ0n) is 15.0. The van der Waals surface area contributed by atoms with Gasteiger partial charge < -0.3 is 14.5 Å². The van der Waals surface area contributed by atoms with Crippen LogP contribution in [0.4, 0.5) is 0 Å². The van der Waals surface area contributed by atoms with Crippen LogP contribution in [-0.4, -0.2) is 34.6 Å². The van der Waals surface area contributed by atoms with Crippen LogP contribution in [0.3, 0.4) is 0 Å². The fourth-order valence-electron chi connectivity index (χ4n) is 4.06. The number of benzene rings is 2. The number of hydrogen-bond acceptors (Lipinski definition) is 5. The number of likely N-dealkylation sites (tertiary alicyclic amines) is 1. The first kappa shape index (κ1) is 16.3. The molecular formula is C21H21N3O3. The summed E-state index contributed by atoms with van der Waals surface area (Å²) < 4.78 is 11.4. The second-order valence-electron chi connectivity index (χ2n) is 7.06. The third-order valence-electron chi connectivity index (χ3n) is 5.33. The molecule has 1 aromatic heterocycles. The van der Waals surface area contributed by atoms with Gasteiger partial charge in [-0.2, -0.15) is 0 Å². The minimum absolute atomic E-state index is 0.0781. The van der Waals surface area contributed by atoms with Gasteiger partial charge in [0.25, 0.3) is 5.56 Å². The van der Waals surface area contributed by atoms with Crippen LogP contribution in [0.25, 0.3) is 10.9 Å². The summed E-state index contributed by atoms with van der Waals surface area (Å²) in [5.41, 5.74) is 1.89. The topological polar surface area (TPSA) is 67.5 Å². The molecule has 0 amide bonds. The van der Waals surface area contributed by atoms with Gasteiger partial charge in [0, 0.05) is 6.04 Å². The Morgan fingerprint density at radius 3 is 2.89 bits per heavy atom. The highest BCUT2D eigenvalue weighted by Crippen LogP contribution is 2.38. The van der Waals surface area contributed by atoms with Crippen LogP contribution in [0.1, 0.15) is 30.3 Å². The molecule has 2 aromatic carbocycles. The molecule has 0 aliphatic carbocycles. The first-order valence-corrected chi connectivity index (χ1v) is 9.39. The Morgan fingerprint density at radius 2 is 1.96 bits per heavy atom. The lowest BCUT2D eigenvalue weighted by Crippen LogP contribution is -2.26. The van der Waals surface area contributed by atoms with Crippen molar-refractivity contribution in [1.82, 2.24) is 14.9 Å². The monoisotopic (exact) mass is 363 g/mol. The fourth-order valence-corrected chi connectivity index (χ4v) is 4.06. The van der Waals surface area contributed by atoms with Crippen LogP contribution in [0.15, 0.2) is 47.3 Å². The number of aromatic amines is 1. The number of H-pyrrole nitrogens is 1. The van der Waals surface area contributed by atoms with Crippen molar-refractivity contribution in [3.63, 3.8) is 0 Å². The third-order valence-corrected chi connectivity index (χ3v) is 5.33. The molecule has 1 N–H and O–H groups in total. The Balaban J connectivity index is 1.43. The zero-order chi connectivity index (χ0) is 18.2. The van der Waals surface area contributed by atoms with Gasteiger partial charge in [0.1, 0.15) is 19.0 Å². The Morgan fingerprint density at radius 1 is 1.11 bits per heavy atom. The van der Waals surface area contributed by atoms with E-state index >= 15 is 0 Å². The molecule has 0 spiro atoms. The van der Waals surface area contributed by atoms with E-state index in [1.807, 2.05) is 24.3 Å². The van der Waals surface area contributed by atoms with Crippen molar-refractivity contribution in [2.75, 3.05) is 19.8 Å². The van der Waals surface area contributed by atoms with Gasteiger partial charge in [-0.05, 0) is 49.2 Å². The summed E-state index contributed by atoms with van der Waals surface area (Å²) in [5.74, 6) is 2.35. The number of nitrogens with zero attached hydrogens (tertiary/aromatic N) is 2. The van der Waals surface area contributed by atoms with Gasteiger partial charge in [0.15, 0.2) is 11.5 Å². The molecule has 6 heteroatoms. The molecule has 0 bridgehead atoms. The van der Waals surface area contributed by atoms with E-state index in [0.717, 1.165) is 36.4 Å². The van der Waals surface area contributed by atoms with E-state index in [4.69, 9.17) is 9.47 Å². The van der Waals surface area contributed by atoms with Gasteiger partial charge in [-0.3, -0.25) is 9.69 Å². The number of fused-ring (bicyclic) bond motifs is 2. The molecule has 5 rings (SSSR count). The van der Waals surface area contributed by atoms with Gasteiger partial charge in [0.2, 0.25) is 0 Å². The lowest BCUT2D eigenvalue weighted by atomic mass is 10.0. The van der Waals surface area contributed by atoms with Gasteiger partial charge in [-0.15, -0.1) is 0 Å². The van der Waals surface area contributed by atoms with Crippen molar-refractivity contribution < 1.29 is 9.47 Å². The number of ether oxygens (including phenoxy) is 2. The van der Waals surface area contributed by atoms with E-state index < -0.39 is 0 Å². The van der Waals surface area contributed by atoms with Crippen LogP contribution < -0.4 is 15.0 Å². The van der Waals surface area contributed by atoms with Crippen molar-refractivity contribution in [3.05, 3.63) is 64.2 Å². The molecule has 0 saturated carbocycles. The van der Waals surface area contributed by atoms with Crippen LogP contribution in [0.2, 0.25) is 0 Å². The highest BCUT2D eigenvalue weighted by molar-refractivity contribution is 5.77. The van der Waals surface area contributed by atoms with Gasteiger partial charge >= 0.3 is 0 Å². The van der Waals surface area contributed by atoms with Crippen LogP contribution in [-0.2, 0) is 6.54 Å². The highest BCUT2D eigenvalue weighted by Gasteiger charge is 2.28. The summed E-state index contributed by atoms with van der Waals surface area (Å²) >= 11 is 0. The largest absolute Gasteiger partial charge is 0.486 e. The predicted molar refractivity (Wildman–Crippen MR) is 102 cm³/mol. The van der Waals surface area contributed by atoms with Crippen LogP contribution in [0.5, 0.6) is 11.5 Å². The Kier molecular flexibility index (Phi) is 4.05. The average molecular weight is 363 g/mol. The molecular weight excluding hydrogens is 342 g/mol. The molecule has 2 aliphatic rings.